The SMILES string of the molecule is NC(=O)c1ccccc1OCCn1cc(Br)cn1. The molecule has 0 aliphatic heterocycles. The summed E-state index contributed by atoms with van der Waals surface area (Å²) in [6, 6.07) is 6.91. The van der Waals surface area contributed by atoms with Gasteiger partial charge in [-0.3, -0.25) is 9.48 Å². The normalized spacial score (nSPS) is 10.3. The van der Waals surface area contributed by atoms with Crippen LogP contribution in [0.15, 0.2) is 41.1 Å². The van der Waals surface area contributed by atoms with Crippen molar-refractivity contribution in [2.75, 3.05) is 6.61 Å². The Bertz CT molecular complexity index is 554. The smallest absolute Gasteiger partial charge is 0.252 e. The van der Waals surface area contributed by atoms with Crippen molar-refractivity contribution in [2.45, 2.75) is 6.54 Å². The highest BCUT2D eigenvalue weighted by Gasteiger charge is 2.07. The Morgan fingerprint density at radius 1 is 1.44 bits per heavy atom. The van der Waals surface area contributed by atoms with Gasteiger partial charge in [0.2, 0.25) is 0 Å². The van der Waals surface area contributed by atoms with E-state index in [1.807, 2.05) is 6.20 Å². The predicted molar refractivity (Wildman–Crippen MR) is 70.4 cm³/mol. The van der Waals surface area contributed by atoms with Crippen molar-refractivity contribution in [1.82, 2.24) is 9.78 Å². The first-order valence-corrected chi connectivity index (χ1v) is 6.15. The summed E-state index contributed by atoms with van der Waals surface area (Å²) in [6.45, 7) is 1.01. The van der Waals surface area contributed by atoms with E-state index in [2.05, 4.69) is 21.0 Å². The van der Waals surface area contributed by atoms with E-state index in [-0.39, 0.29) is 0 Å². The topological polar surface area (TPSA) is 70.1 Å². The fourth-order valence-electron chi connectivity index (χ4n) is 1.51. The Labute approximate surface area is 113 Å². The molecule has 94 valence electrons. The number of carbonyl (C=O) groups is 1. The van der Waals surface area contributed by atoms with Gasteiger partial charge in [0.1, 0.15) is 12.4 Å². The summed E-state index contributed by atoms with van der Waals surface area (Å²) in [5, 5.41) is 4.10. The number of para-hydroxylation sites is 1. The molecule has 0 saturated carbocycles. The molecule has 18 heavy (non-hydrogen) atoms. The summed E-state index contributed by atoms with van der Waals surface area (Å²) in [6.07, 6.45) is 3.56. The number of aromatic nitrogens is 2. The van der Waals surface area contributed by atoms with Crippen molar-refractivity contribution >= 4 is 21.8 Å². The molecule has 2 rings (SSSR count). The average molecular weight is 310 g/mol. The molecule has 0 radical (unpaired) electrons. The zero-order chi connectivity index (χ0) is 13.0. The first-order valence-electron chi connectivity index (χ1n) is 5.36. The zero-order valence-corrected chi connectivity index (χ0v) is 11.1. The van der Waals surface area contributed by atoms with Crippen molar-refractivity contribution in [3.63, 3.8) is 0 Å². The van der Waals surface area contributed by atoms with Gasteiger partial charge in [0.15, 0.2) is 0 Å². The molecule has 1 aromatic heterocycles. The Morgan fingerprint density at radius 3 is 2.89 bits per heavy atom. The van der Waals surface area contributed by atoms with Crippen LogP contribution in [0.5, 0.6) is 5.75 Å². The molecule has 1 aromatic carbocycles. The molecule has 1 amide bonds. The Kier molecular flexibility index (Phi) is 3.99. The molecule has 0 spiro atoms. The van der Waals surface area contributed by atoms with E-state index in [0.29, 0.717) is 24.5 Å². The highest BCUT2D eigenvalue weighted by molar-refractivity contribution is 9.10. The van der Waals surface area contributed by atoms with Crippen LogP contribution in [0, 0.1) is 0 Å². The monoisotopic (exact) mass is 309 g/mol. The van der Waals surface area contributed by atoms with Crippen molar-refractivity contribution in [3.05, 3.63) is 46.7 Å². The van der Waals surface area contributed by atoms with Crippen LogP contribution < -0.4 is 10.5 Å². The van der Waals surface area contributed by atoms with Gasteiger partial charge in [-0.2, -0.15) is 5.10 Å². The van der Waals surface area contributed by atoms with Gasteiger partial charge in [-0.25, -0.2) is 0 Å². The lowest BCUT2D eigenvalue weighted by atomic mass is 10.2. The summed E-state index contributed by atoms with van der Waals surface area (Å²) in [4.78, 5) is 11.2. The molecule has 2 aromatic rings. The molecule has 0 saturated heterocycles. The Morgan fingerprint density at radius 2 is 2.22 bits per heavy atom. The number of primary amides is 1. The van der Waals surface area contributed by atoms with E-state index in [4.69, 9.17) is 10.5 Å². The number of carbonyl (C=O) groups excluding carboxylic acids is 1. The summed E-state index contributed by atoms with van der Waals surface area (Å²) in [5.74, 6) is 0.00338. The molecule has 1 heterocycles. The first kappa shape index (κ1) is 12.6. The standard InChI is InChI=1S/C12H12BrN3O2/c13-9-7-15-16(8-9)5-6-18-11-4-2-1-3-10(11)12(14)17/h1-4,7-8H,5-6H2,(H2,14,17). The molecule has 0 atom stereocenters. The molecule has 0 aliphatic rings. The van der Waals surface area contributed by atoms with Gasteiger partial charge in [-0.1, -0.05) is 12.1 Å². The maximum Gasteiger partial charge on any atom is 0.252 e. The van der Waals surface area contributed by atoms with Gasteiger partial charge in [0.05, 0.1) is 22.8 Å². The van der Waals surface area contributed by atoms with Crippen LogP contribution in [-0.4, -0.2) is 22.3 Å². The summed E-state index contributed by atoms with van der Waals surface area (Å²) < 4.78 is 8.20. The minimum Gasteiger partial charge on any atom is -0.491 e. The Hall–Kier alpha value is -1.82. The van der Waals surface area contributed by atoms with E-state index in [1.165, 1.54) is 0 Å². The highest BCUT2D eigenvalue weighted by atomic mass is 79.9. The van der Waals surface area contributed by atoms with Crippen LogP contribution in [0.1, 0.15) is 10.4 Å². The lowest BCUT2D eigenvalue weighted by Gasteiger charge is -2.09. The fourth-order valence-corrected chi connectivity index (χ4v) is 1.83. The minimum absolute atomic E-state index is 0.388. The minimum atomic E-state index is -0.493. The van der Waals surface area contributed by atoms with Gasteiger partial charge in [-0.15, -0.1) is 0 Å². The van der Waals surface area contributed by atoms with E-state index in [9.17, 15) is 4.79 Å². The number of ether oxygens (including phenoxy) is 1. The third-order valence-electron chi connectivity index (χ3n) is 2.33. The van der Waals surface area contributed by atoms with Gasteiger partial charge < -0.3 is 10.5 Å². The summed E-state index contributed by atoms with van der Waals surface area (Å²) in [7, 11) is 0. The number of hydrogen-bond donors (Lipinski definition) is 1. The lowest BCUT2D eigenvalue weighted by molar-refractivity contribution is 0.0996. The van der Waals surface area contributed by atoms with Gasteiger partial charge in [0, 0.05) is 6.20 Å². The van der Waals surface area contributed by atoms with E-state index < -0.39 is 5.91 Å². The van der Waals surface area contributed by atoms with Crippen LogP contribution in [-0.2, 0) is 6.54 Å². The van der Waals surface area contributed by atoms with Crippen molar-refractivity contribution in [1.29, 1.82) is 0 Å². The second kappa shape index (κ2) is 5.68. The number of nitrogens with zero attached hydrogens (tertiary/aromatic N) is 2. The van der Waals surface area contributed by atoms with Gasteiger partial charge in [-0.05, 0) is 28.1 Å². The third kappa shape index (κ3) is 3.10. The number of benzene rings is 1. The predicted octanol–water partition coefficient (Wildman–Crippen LogP) is 1.82. The van der Waals surface area contributed by atoms with Crippen LogP contribution >= 0.6 is 15.9 Å². The second-order valence-corrected chi connectivity index (χ2v) is 4.55. The van der Waals surface area contributed by atoms with Gasteiger partial charge >= 0.3 is 0 Å². The molecule has 6 heteroatoms. The molecule has 5 nitrogen and oxygen atoms in total. The quantitative estimate of drug-likeness (QED) is 0.916. The van der Waals surface area contributed by atoms with E-state index in [0.717, 1.165) is 4.47 Å². The first-order chi connectivity index (χ1) is 8.66. The highest BCUT2D eigenvalue weighted by Crippen LogP contribution is 2.17. The van der Waals surface area contributed by atoms with Crippen molar-refractivity contribution < 1.29 is 9.53 Å². The van der Waals surface area contributed by atoms with Crippen LogP contribution in [0.2, 0.25) is 0 Å². The molecule has 2 N–H and O–H groups in total. The lowest BCUT2D eigenvalue weighted by Crippen LogP contribution is -2.15. The number of rotatable bonds is 5. The molecule has 0 bridgehead atoms. The molecule has 0 fully saturated rings. The van der Waals surface area contributed by atoms with Crippen molar-refractivity contribution in [3.8, 4) is 5.75 Å². The van der Waals surface area contributed by atoms with Gasteiger partial charge in [0.25, 0.3) is 5.91 Å². The van der Waals surface area contributed by atoms with Crippen molar-refractivity contribution in [2.24, 2.45) is 5.73 Å². The zero-order valence-electron chi connectivity index (χ0n) is 9.54. The van der Waals surface area contributed by atoms with E-state index in [1.54, 1.807) is 35.1 Å². The molecular weight excluding hydrogens is 298 g/mol. The van der Waals surface area contributed by atoms with Crippen LogP contribution in [0.25, 0.3) is 0 Å². The number of hydrogen-bond acceptors (Lipinski definition) is 3. The number of nitrogens with two attached hydrogens (primary N) is 1. The maximum atomic E-state index is 11.2. The Balaban J connectivity index is 1.96. The fraction of sp³-hybridized carbons (Fsp3) is 0.167. The molecule has 0 unspecified atom stereocenters. The summed E-state index contributed by atoms with van der Waals surface area (Å²) >= 11 is 3.31. The molecular formula is C12H12BrN3O2. The largest absolute Gasteiger partial charge is 0.491 e. The maximum absolute atomic E-state index is 11.2. The summed E-state index contributed by atoms with van der Waals surface area (Å²) in [5.41, 5.74) is 5.65. The second-order valence-electron chi connectivity index (χ2n) is 3.63. The average Bonchev–Trinajstić information content (AvgIpc) is 2.75. The molecule has 0 aliphatic carbocycles. The van der Waals surface area contributed by atoms with E-state index >= 15 is 0 Å². The van der Waals surface area contributed by atoms with Crippen LogP contribution in [0.3, 0.4) is 0 Å². The number of halogens is 1. The number of amides is 1. The third-order valence-corrected chi connectivity index (χ3v) is 2.74. The van der Waals surface area contributed by atoms with Crippen LogP contribution in [0.4, 0.5) is 0 Å².